The lowest BCUT2D eigenvalue weighted by atomic mass is 9.80. The third kappa shape index (κ3) is 6.05. The van der Waals surface area contributed by atoms with Gasteiger partial charge in [0.25, 0.3) is 0 Å². The van der Waals surface area contributed by atoms with Gasteiger partial charge in [-0.25, -0.2) is 4.79 Å². The van der Waals surface area contributed by atoms with Crippen molar-refractivity contribution in [3.8, 4) is 0 Å². The number of aliphatic carboxylic acids is 1. The van der Waals surface area contributed by atoms with Crippen LogP contribution in [0.5, 0.6) is 0 Å². The van der Waals surface area contributed by atoms with Crippen LogP contribution in [0.15, 0.2) is 0 Å². The van der Waals surface area contributed by atoms with Gasteiger partial charge in [0.1, 0.15) is 0 Å². The number of amides is 1. The molecular formula is C17H27F3N2O5. The van der Waals surface area contributed by atoms with E-state index in [1.807, 2.05) is 4.90 Å². The number of hydrogen-bond donors (Lipinski definition) is 2. The molecule has 0 aromatic carbocycles. The molecule has 2 aliphatic heterocycles. The Labute approximate surface area is 156 Å². The molecule has 27 heavy (non-hydrogen) atoms. The number of nitrogens with zero attached hydrogens (tertiary/aromatic N) is 2. The highest BCUT2D eigenvalue weighted by molar-refractivity contribution is 5.80. The van der Waals surface area contributed by atoms with Crippen molar-refractivity contribution in [1.29, 1.82) is 0 Å². The van der Waals surface area contributed by atoms with Crippen LogP contribution in [0, 0.1) is 11.8 Å². The van der Waals surface area contributed by atoms with Crippen molar-refractivity contribution in [3.05, 3.63) is 0 Å². The predicted molar refractivity (Wildman–Crippen MR) is 89.0 cm³/mol. The number of carbonyl (C=O) groups is 2. The zero-order valence-electron chi connectivity index (χ0n) is 15.3. The van der Waals surface area contributed by atoms with E-state index in [0.717, 1.165) is 45.8 Å². The maximum atomic E-state index is 12.4. The molecule has 0 bridgehead atoms. The number of likely N-dealkylation sites (N-methyl/N-ethyl adjacent to an activating group) is 1. The molecule has 0 aromatic rings. The van der Waals surface area contributed by atoms with Crippen LogP contribution in [-0.4, -0.2) is 89.6 Å². The number of aliphatic hydroxyl groups excluding tert-OH is 1. The van der Waals surface area contributed by atoms with Crippen molar-refractivity contribution >= 4 is 11.9 Å². The molecule has 2 N–H and O–H groups in total. The molecule has 2 saturated heterocycles. The first-order chi connectivity index (χ1) is 12.6. The lowest BCUT2D eigenvalue weighted by Crippen LogP contribution is -2.52. The van der Waals surface area contributed by atoms with Crippen LogP contribution in [0.3, 0.4) is 0 Å². The highest BCUT2D eigenvalue weighted by Gasteiger charge is 2.40. The highest BCUT2D eigenvalue weighted by Crippen LogP contribution is 2.31. The second-order valence-electron chi connectivity index (χ2n) is 7.26. The Balaban J connectivity index is 0.000000321. The highest BCUT2D eigenvalue weighted by atomic mass is 19.4. The molecule has 0 radical (unpaired) electrons. The van der Waals surface area contributed by atoms with E-state index in [1.54, 1.807) is 0 Å². The molecule has 2 heterocycles. The van der Waals surface area contributed by atoms with E-state index in [1.165, 1.54) is 0 Å². The lowest BCUT2D eigenvalue weighted by Gasteiger charge is -2.41. The monoisotopic (exact) mass is 396 g/mol. The average molecular weight is 396 g/mol. The van der Waals surface area contributed by atoms with Gasteiger partial charge in [-0.15, -0.1) is 0 Å². The largest absolute Gasteiger partial charge is 0.490 e. The number of halogens is 3. The summed E-state index contributed by atoms with van der Waals surface area (Å²) in [6, 6.07) is 0. The normalized spacial score (nSPS) is 31.7. The zero-order chi connectivity index (χ0) is 20.2. The summed E-state index contributed by atoms with van der Waals surface area (Å²) in [5.74, 6) is -1.91. The Bertz CT molecular complexity index is 525. The van der Waals surface area contributed by atoms with E-state index < -0.39 is 12.1 Å². The van der Waals surface area contributed by atoms with Crippen LogP contribution in [0.2, 0.25) is 0 Å². The first-order valence-corrected chi connectivity index (χ1v) is 9.22. The molecule has 7 nitrogen and oxygen atoms in total. The standard InChI is InChI=1S/C15H26N2O3.C2HF3O2/c1-2-16-5-6-20-14-10-17(4-3-11(14)9-16)15(19)12-7-13(18)8-12;3-2(4,5)1(6)7/h11-14,18H,2-10H2,1H3;(H,6,7)/t11-,12?,13?,14-;/m1./s1. The molecule has 0 unspecified atom stereocenters. The second-order valence-corrected chi connectivity index (χ2v) is 7.26. The van der Waals surface area contributed by atoms with Gasteiger partial charge < -0.3 is 24.7 Å². The van der Waals surface area contributed by atoms with E-state index in [2.05, 4.69) is 11.8 Å². The third-order valence-electron chi connectivity index (χ3n) is 5.39. The van der Waals surface area contributed by atoms with Crippen LogP contribution in [0.1, 0.15) is 26.2 Å². The zero-order valence-corrected chi connectivity index (χ0v) is 15.3. The van der Waals surface area contributed by atoms with Gasteiger partial charge in [-0.2, -0.15) is 13.2 Å². The van der Waals surface area contributed by atoms with Crippen molar-refractivity contribution in [1.82, 2.24) is 9.80 Å². The number of hydrogen-bond acceptors (Lipinski definition) is 5. The molecule has 156 valence electrons. The molecule has 2 atom stereocenters. The minimum Gasteiger partial charge on any atom is -0.475 e. The molecule has 1 amide bonds. The number of piperidine rings is 1. The summed E-state index contributed by atoms with van der Waals surface area (Å²) in [6.45, 7) is 7.76. The third-order valence-corrected chi connectivity index (χ3v) is 5.39. The number of aliphatic hydroxyl groups is 1. The number of carboxylic acids is 1. The maximum absolute atomic E-state index is 12.4. The van der Waals surface area contributed by atoms with Gasteiger partial charge in [0.2, 0.25) is 5.91 Å². The summed E-state index contributed by atoms with van der Waals surface area (Å²) in [6.07, 6.45) is -2.80. The fourth-order valence-electron chi connectivity index (χ4n) is 3.65. The van der Waals surface area contributed by atoms with Crippen LogP contribution < -0.4 is 0 Å². The molecular weight excluding hydrogens is 369 g/mol. The fourth-order valence-corrected chi connectivity index (χ4v) is 3.65. The van der Waals surface area contributed by atoms with Gasteiger partial charge in [0.05, 0.1) is 18.8 Å². The Morgan fingerprint density at radius 2 is 1.81 bits per heavy atom. The fraction of sp³-hybridized carbons (Fsp3) is 0.882. The molecule has 0 spiro atoms. The minimum atomic E-state index is -5.08. The number of fused-ring (bicyclic) bond motifs is 1. The van der Waals surface area contributed by atoms with Gasteiger partial charge in [-0.1, -0.05) is 6.92 Å². The van der Waals surface area contributed by atoms with E-state index in [-0.39, 0.29) is 24.0 Å². The molecule has 0 aromatic heterocycles. The molecule has 3 fully saturated rings. The summed E-state index contributed by atoms with van der Waals surface area (Å²) < 4.78 is 37.7. The van der Waals surface area contributed by atoms with Crippen LogP contribution in [-0.2, 0) is 14.3 Å². The molecule has 3 rings (SSSR count). The number of likely N-dealkylation sites (tertiary alicyclic amines) is 1. The van der Waals surface area contributed by atoms with Gasteiger partial charge in [-0.05, 0) is 25.8 Å². The van der Waals surface area contributed by atoms with Crippen molar-refractivity contribution in [2.75, 3.05) is 39.3 Å². The Hall–Kier alpha value is -1.39. The van der Waals surface area contributed by atoms with E-state index in [4.69, 9.17) is 14.6 Å². The summed E-state index contributed by atoms with van der Waals surface area (Å²) in [5, 5.41) is 16.5. The number of carbonyl (C=O) groups excluding carboxylic acids is 1. The Kier molecular flexibility index (Phi) is 7.47. The van der Waals surface area contributed by atoms with Crippen molar-refractivity contribution in [2.45, 2.75) is 44.6 Å². The smallest absolute Gasteiger partial charge is 0.475 e. The summed E-state index contributed by atoms with van der Waals surface area (Å²) in [5.41, 5.74) is 0. The molecule has 10 heteroatoms. The number of carboxylic acid groups (broad SMARTS) is 1. The summed E-state index contributed by atoms with van der Waals surface area (Å²) in [7, 11) is 0. The van der Waals surface area contributed by atoms with Gasteiger partial charge in [0, 0.05) is 38.0 Å². The minimum absolute atomic E-state index is 0.0551. The van der Waals surface area contributed by atoms with Crippen LogP contribution in [0.25, 0.3) is 0 Å². The number of alkyl halides is 3. The lowest BCUT2D eigenvalue weighted by molar-refractivity contribution is -0.192. The van der Waals surface area contributed by atoms with Gasteiger partial charge in [0.15, 0.2) is 0 Å². The van der Waals surface area contributed by atoms with Gasteiger partial charge in [-0.3, -0.25) is 4.79 Å². The first kappa shape index (κ1) is 21.9. The summed E-state index contributed by atoms with van der Waals surface area (Å²) in [4.78, 5) is 25.7. The number of rotatable bonds is 2. The van der Waals surface area contributed by atoms with E-state index in [0.29, 0.717) is 18.8 Å². The quantitative estimate of drug-likeness (QED) is 0.723. The summed E-state index contributed by atoms with van der Waals surface area (Å²) >= 11 is 0. The number of ether oxygens (including phenoxy) is 1. The SMILES string of the molecule is CCN1CCO[C@@H]2CN(C(=O)C3CC(O)C3)CC[C@@H]2C1.O=C(O)C(F)(F)F. The molecule has 1 saturated carbocycles. The van der Waals surface area contributed by atoms with Crippen LogP contribution >= 0.6 is 0 Å². The molecule has 3 aliphatic rings. The second kappa shape index (κ2) is 9.20. The van der Waals surface area contributed by atoms with Crippen molar-refractivity contribution in [2.24, 2.45) is 11.8 Å². The van der Waals surface area contributed by atoms with Crippen molar-refractivity contribution < 1.29 is 37.7 Å². The van der Waals surface area contributed by atoms with Gasteiger partial charge >= 0.3 is 12.1 Å². The predicted octanol–water partition coefficient (Wildman–Crippen LogP) is 0.960. The molecule has 1 aliphatic carbocycles. The Morgan fingerprint density at radius 1 is 1.19 bits per heavy atom. The van der Waals surface area contributed by atoms with Crippen molar-refractivity contribution in [3.63, 3.8) is 0 Å². The van der Waals surface area contributed by atoms with E-state index in [9.17, 15) is 23.1 Å². The topological polar surface area (TPSA) is 90.3 Å². The van der Waals surface area contributed by atoms with E-state index >= 15 is 0 Å². The maximum Gasteiger partial charge on any atom is 0.490 e. The Morgan fingerprint density at radius 3 is 2.33 bits per heavy atom. The first-order valence-electron chi connectivity index (χ1n) is 9.22. The average Bonchev–Trinajstić information content (AvgIpc) is 2.79. The van der Waals surface area contributed by atoms with Crippen LogP contribution in [0.4, 0.5) is 13.2 Å².